The van der Waals surface area contributed by atoms with Gasteiger partial charge in [0.25, 0.3) is 11.3 Å². The number of carbonyl (C=O) groups is 1. The minimum absolute atomic E-state index is 0.131. The van der Waals surface area contributed by atoms with Crippen LogP contribution < -0.4 is 10.5 Å². The summed E-state index contributed by atoms with van der Waals surface area (Å²) < 4.78 is 1.30. The Morgan fingerprint density at radius 3 is 2.55 bits per heavy atom. The van der Waals surface area contributed by atoms with Crippen LogP contribution in [0.5, 0.6) is 0 Å². The number of halogens is 1. The van der Waals surface area contributed by atoms with E-state index in [4.69, 9.17) is 11.6 Å². The zero-order valence-corrected chi connectivity index (χ0v) is 18.1. The number of aryl methyl sites for hydroxylation is 1. The summed E-state index contributed by atoms with van der Waals surface area (Å²) in [7, 11) is 0. The van der Waals surface area contributed by atoms with Gasteiger partial charge >= 0.3 is 0 Å². The molecule has 0 saturated heterocycles. The Morgan fingerprint density at radius 1 is 1.10 bits per heavy atom. The van der Waals surface area contributed by atoms with Gasteiger partial charge in [-0.25, -0.2) is 4.98 Å². The van der Waals surface area contributed by atoms with Crippen LogP contribution in [0.25, 0.3) is 5.78 Å². The molecular weight excluding hydrogens is 414 g/mol. The number of hydrogen-bond donors (Lipinski definition) is 1. The van der Waals surface area contributed by atoms with Crippen molar-refractivity contribution >= 4 is 29.2 Å². The third kappa shape index (κ3) is 4.36. The molecule has 1 amide bonds. The van der Waals surface area contributed by atoms with Crippen LogP contribution in [0.3, 0.4) is 0 Å². The number of fused-ring (bicyclic) bond motifs is 1. The second-order valence-corrected chi connectivity index (χ2v) is 7.73. The number of nitrogens with one attached hydrogen (secondary N) is 1. The number of rotatable bonds is 6. The number of aromatic nitrogens is 4. The molecule has 0 spiro atoms. The molecule has 2 aromatic heterocycles. The van der Waals surface area contributed by atoms with Crippen molar-refractivity contribution in [2.45, 2.75) is 33.2 Å². The predicted molar refractivity (Wildman–Crippen MR) is 121 cm³/mol. The van der Waals surface area contributed by atoms with E-state index >= 15 is 0 Å². The third-order valence-corrected chi connectivity index (χ3v) is 5.33. The van der Waals surface area contributed by atoms with E-state index in [-0.39, 0.29) is 36.2 Å². The van der Waals surface area contributed by atoms with Gasteiger partial charge in [-0.3, -0.25) is 19.6 Å². The third-order valence-electron chi connectivity index (χ3n) is 5.10. The normalized spacial score (nSPS) is 11.1. The molecule has 2 aromatic carbocycles. The molecular formula is C23H22ClN5O2. The first kappa shape index (κ1) is 20.8. The number of carbonyl (C=O) groups excluding carboxylic acids is 1. The van der Waals surface area contributed by atoms with Gasteiger partial charge in [-0.2, -0.15) is 9.50 Å². The summed E-state index contributed by atoms with van der Waals surface area (Å²) in [6.45, 7) is 3.86. The Balaban J connectivity index is 1.75. The van der Waals surface area contributed by atoms with E-state index in [1.807, 2.05) is 42.5 Å². The predicted octanol–water partition coefficient (Wildman–Crippen LogP) is 3.91. The van der Waals surface area contributed by atoms with Crippen molar-refractivity contribution in [1.29, 1.82) is 0 Å². The van der Waals surface area contributed by atoms with Crippen molar-refractivity contribution in [3.05, 3.63) is 92.4 Å². The maximum atomic E-state index is 13.2. The molecule has 0 radical (unpaired) electrons. The summed E-state index contributed by atoms with van der Waals surface area (Å²) in [4.78, 5) is 36.3. The topological polar surface area (TPSA) is 83.4 Å². The first-order valence-electron chi connectivity index (χ1n) is 10.0. The molecule has 4 aromatic rings. The first-order valence-corrected chi connectivity index (χ1v) is 10.4. The molecule has 0 saturated carbocycles. The molecule has 8 heteroatoms. The Kier molecular flexibility index (Phi) is 5.86. The van der Waals surface area contributed by atoms with Gasteiger partial charge in [0.15, 0.2) is 0 Å². The Hall–Kier alpha value is -3.45. The molecule has 0 aliphatic heterocycles. The van der Waals surface area contributed by atoms with E-state index in [9.17, 15) is 9.59 Å². The van der Waals surface area contributed by atoms with Gasteiger partial charge in [0.2, 0.25) is 11.9 Å². The number of hydrogen-bond acceptors (Lipinski definition) is 4. The molecule has 158 valence electrons. The summed E-state index contributed by atoms with van der Waals surface area (Å²) in [6.07, 6.45) is 0.758. The Bertz CT molecular complexity index is 1300. The van der Waals surface area contributed by atoms with E-state index in [0.29, 0.717) is 22.7 Å². The fourth-order valence-corrected chi connectivity index (χ4v) is 3.67. The molecule has 7 nitrogen and oxygen atoms in total. The number of amides is 1. The highest BCUT2D eigenvalue weighted by Gasteiger charge is 2.21. The SMILES string of the molecule is CCC(=O)N(Cc1cccc(Cl)c1)c1nc2nc(C)c(Cc3ccccc3)c(=O)n2[nH]1. The highest BCUT2D eigenvalue weighted by atomic mass is 35.5. The van der Waals surface area contributed by atoms with Crippen molar-refractivity contribution in [2.24, 2.45) is 0 Å². The maximum Gasteiger partial charge on any atom is 0.277 e. The summed E-state index contributed by atoms with van der Waals surface area (Å²) in [6, 6.07) is 17.0. The molecule has 0 bridgehead atoms. The van der Waals surface area contributed by atoms with Crippen molar-refractivity contribution in [1.82, 2.24) is 19.6 Å². The van der Waals surface area contributed by atoms with Gasteiger partial charge in [-0.05, 0) is 30.2 Å². The average Bonchev–Trinajstić information content (AvgIpc) is 3.19. The van der Waals surface area contributed by atoms with Crippen LogP contribution in [-0.2, 0) is 17.8 Å². The first-order chi connectivity index (χ1) is 15.0. The van der Waals surface area contributed by atoms with Crippen LogP contribution in [0, 0.1) is 6.92 Å². The van der Waals surface area contributed by atoms with Gasteiger partial charge in [0.05, 0.1) is 12.2 Å². The van der Waals surface area contributed by atoms with Gasteiger partial charge < -0.3 is 0 Å². The Labute approximate surface area is 184 Å². The highest BCUT2D eigenvalue weighted by molar-refractivity contribution is 6.30. The second-order valence-electron chi connectivity index (χ2n) is 7.29. The fourth-order valence-electron chi connectivity index (χ4n) is 3.46. The van der Waals surface area contributed by atoms with Gasteiger partial charge in [0, 0.05) is 23.4 Å². The number of nitrogens with zero attached hydrogens (tertiary/aromatic N) is 4. The lowest BCUT2D eigenvalue weighted by molar-refractivity contribution is -0.118. The summed E-state index contributed by atoms with van der Waals surface area (Å²) >= 11 is 6.09. The van der Waals surface area contributed by atoms with Crippen LogP contribution in [0.2, 0.25) is 5.02 Å². The molecule has 4 rings (SSSR count). The minimum atomic E-state index is -0.225. The van der Waals surface area contributed by atoms with Gasteiger partial charge in [-0.15, -0.1) is 0 Å². The van der Waals surface area contributed by atoms with E-state index in [1.165, 1.54) is 9.42 Å². The molecule has 2 heterocycles. The quantitative estimate of drug-likeness (QED) is 0.497. The largest absolute Gasteiger partial charge is 0.277 e. The smallest absolute Gasteiger partial charge is 0.277 e. The number of H-pyrrole nitrogens is 1. The number of aromatic amines is 1. The molecule has 1 N–H and O–H groups in total. The zero-order valence-electron chi connectivity index (χ0n) is 17.3. The van der Waals surface area contributed by atoms with Crippen LogP contribution in [-0.4, -0.2) is 25.5 Å². The standard InChI is InChI=1S/C23H22ClN5O2/c1-3-20(30)28(14-17-10-7-11-18(24)12-17)23-26-22-25-15(2)19(21(31)29(22)27-23)13-16-8-5-4-6-9-16/h4-12H,3,13-14H2,1-2H3,(H,25,26,27). The van der Waals surface area contributed by atoms with E-state index in [2.05, 4.69) is 15.1 Å². The van der Waals surface area contributed by atoms with Crippen LogP contribution in [0.15, 0.2) is 59.4 Å². The summed E-state index contributed by atoms with van der Waals surface area (Å²) in [5, 5.41) is 3.56. The van der Waals surface area contributed by atoms with E-state index in [1.54, 1.807) is 26.0 Å². The lowest BCUT2D eigenvalue weighted by atomic mass is 10.1. The highest BCUT2D eigenvalue weighted by Crippen LogP contribution is 2.18. The van der Waals surface area contributed by atoms with Crippen LogP contribution in [0.4, 0.5) is 5.95 Å². The Morgan fingerprint density at radius 2 is 1.84 bits per heavy atom. The van der Waals surface area contributed by atoms with Gasteiger partial charge in [-0.1, -0.05) is 61.0 Å². The second kappa shape index (κ2) is 8.73. The van der Waals surface area contributed by atoms with Crippen LogP contribution >= 0.6 is 11.6 Å². The lowest BCUT2D eigenvalue weighted by Crippen LogP contribution is -2.31. The minimum Gasteiger partial charge on any atom is -0.277 e. The van der Waals surface area contributed by atoms with Crippen LogP contribution in [0.1, 0.15) is 35.7 Å². The average molecular weight is 436 g/mol. The van der Waals surface area contributed by atoms with E-state index < -0.39 is 0 Å². The van der Waals surface area contributed by atoms with Crippen molar-refractivity contribution in [3.63, 3.8) is 0 Å². The molecule has 0 aliphatic rings. The zero-order chi connectivity index (χ0) is 22.0. The molecule has 0 aliphatic carbocycles. The summed E-state index contributed by atoms with van der Waals surface area (Å²) in [5.74, 6) is 0.371. The molecule has 31 heavy (non-hydrogen) atoms. The summed E-state index contributed by atoms with van der Waals surface area (Å²) in [5.41, 5.74) is 2.86. The van der Waals surface area contributed by atoms with Gasteiger partial charge in [0.1, 0.15) is 0 Å². The van der Waals surface area contributed by atoms with Crippen molar-refractivity contribution in [2.75, 3.05) is 4.90 Å². The number of anilines is 1. The maximum absolute atomic E-state index is 13.2. The lowest BCUT2D eigenvalue weighted by Gasteiger charge is -2.19. The molecule has 0 atom stereocenters. The number of benzene rings is 2. The van der Waals surface area contributed by atoms with Crippen molar-refractivity contribution < 1.29 is 4.79 Å². The molecule has 0 unspecified atom stereocenters. The monoisotopic (exact) mass is 435 g/mol. The van der Waals surface area contributed by atoms with E-state index in [0.717, 1.165) is 11.1 Å². The fraction of sp³-hybridized carbons (Fsp3) is 0.217. The van der Waals surface area contributed by atoms with Crippen molar-refractivity contribution in [3.8, 4) is 0 Å². The molecule has 0 fully saturated rings.